The first kappa shape index (κ1) is 15.7. The fourth-order valence-corrected chi connectivity index (χ4v) is 2.63. The number of carbonyl (C=O) groups is 1. The molecule has 0 bridgehead atoms. The van der Waals surface area contributed by atoms with Crippen molar-refractivity contribution in [1.82, 2.24) is 5.32 Å². The highest BCUT2D eigenvalue weighted by Gasteiger charge is 2.05. The maximum Gasteiger partial charge on any atom is 0.230 e. The van der Waals surface area contributed by atoms with Crippen LogP contribution in [0.5, 0.6) is 5.75 Å². The zero-order valence-electron chi connectivity index (χ0n) is 11.6. The van der Waals surface area contributed by atoms with Gasteiger partial charge in [0.2, 0.25) is 5.91 Å². The molecule has 2 aromatic rings. The number of carbonyl (C=O) groups excluding carboxylic acids is 1. The van der Waals surface area contributed by atoms with Crippen LogP contribution >= 0.6 is 23.4 Å². The Balaban J connectivity index is 1.81. The molecule has 0 fully saturated rings. The van der Waals surface area contributed by atoms with Gasteiger partial charge in [-0.05, 0) is 30.3 Å². The third-order valence-corrected chi connectivity index (χ3v) is 4.12. The van der Waals surface area contributed by atoms with E-state index in [0.29, 0.717) is 17.3 Å². The predicted molar refractivity (Wildman–Crippen MR) is 87.0 cm³/mol. The number of hydrogen-bond acceptors (Lipinski definition) is 3. The van der Waals surface area contributed by atoms with Gasteiger partial charge in [0.05, 0.1) is 12.9 Å². The summed E-state index contributed by atoms with van der Waals surface area (Å²) in [5, 5.41) is 3.58. The number of hydrogen-bond donors (Lipinski definition) is 1. The number of thioether (sulfide) groups is 1. The van der Waals surface area contributed by atoms with Crippen LogP contribution in [0.2, 0.25) is 5.02 Å². The number of halogens is 1. The lowest BCUT2D eigenvalue weighted by molar-refractivity contribution is -0.118. The Morgan fingerprint density at radius 1 is 1.19 bits per heavy atom. The number of nitrogens with one attached hydrogen (secondary N) is 1. The summed E-state index contributed by atoms with van der Waals surface area (Å²) in [4.78, 5) is 12.9. The largest absolute Gasteiger partial charge is 0.496 e. The second-order valence-corrected chi connectivity index (χ2v) is 5.82. The first-order valence-corrected chi connectivity index (χ1v) is 7.82. The molecular weight excluding hydrogens is 306 g/mol. The number of benzene rings is 2. The first-order chi connectivity index (χ1) is 10.2. The molecule has 0 atom stereocenters. The van der Waals surface area contributed by atoms with E-state index in [1.54, 1.807) is 7.11 Å². The fraction of sp³-hybridized carbons (Fsp3) is 0.188. The molecule has 0 radical (unpaired) electrons. The van der Waals surface area contributed by atoms with Gasteiger partial charge in [0.1, 0.15) is 5.75 Å². The van der Waals surface area contributed by atoms with E-state index in [-0.39, 0.29) is 5.91 Å². The second kappa shape index (κ2) is 7.96. The summed E-state index contributed by atoms with van der Waals surface area (Å²) in [6, 6.07) is 15.1. The summed E-state index contributed by atoms with van der Waals surface area (Å²) in [6.45, 7) is 0.462. The Labute approximate surface area is 133 Å². The van der Waals surface area contributed by atoms with Crippen molar-refractivity contribution in [1.29, 1.82) is 0 Å². The molecule has 1 amide bonds. The molecule has 1 N–H and O–H groups in total. The van der Waals surface area contributed by atoms with Gasteiger partial charge < -0.3 is 10.1 Å². The average molecular weight is 322 g/mol. The van der Waals surface area contributed by atoms with Crippen LogP contribution in [0.25, 0.3) is 0 Å². The second-order valence-electron chi connectivity index (χ2n) is 4.33. The van der Waals surface area contributed by atoms with Crippen molar-refractivity contribution in [2.45, 2.75) is 11.4 Å². The summed E-state index contributed by atoms with van der Waals surface area (Å²) in [6.07, 6.45) is 0. The number of methoxy groups -OCH3 is 1. The summed E-state index contributed by atoms with van der Waals surface area (Å²) in [5.74, 6) is 1.14. The van der Waals surface area contributed by atoms with E-state index in [0.717, 1.165) is 16.2 Å². The van der Waals surface area contributed by atoms with Crippen LogP contribution in [-0.4, -0.2) is 18.8 Å². The van der Waals surface area contributed by atoms with Crippen LogP contribution in [0.15, 0.2) is 53.4 Å². The molecule has 0 spiro atoms. The van der Waals surface area contributed by atoms with Gasteiger partial charge in [-0.1, -0.05) is 29.8 Å². The predicted octanol–water partition coefficient (Wildman–Crippen LogP) is 3.76. The monoisotopic (exact) mass is 321 g/mol. The Kier molecular flexibility index (Phi) is 5.96. The van der Waals surface area contributed by atoms with Crippen LogP contribution in [0.3, 0.4) is 0 Å². The van der Waals surface area contributed by atoms with Gasteiger partial charge in [0.15, 0.2) is 0 Å². The molecule has 0 saturated heterocycles. The molecule has 110 valence electrons. The van der Waals surface area contributed by atoms with E-state index in [2.05, 4.69) is 5.32 Å². The van der Waals surface area contributed by atoms with E-state index in [4.69, 9.17) is 16.3 Å². The van der Waals surface area contributed by atoms with Crippen LogP contribution in [0, 0.1) is 0 Å². The molecule has 0 aliphatic carbocycles. The summed E-state index contributed by atoms with van der Waals surface area (Å²) in [5.41, 5.74) is 0.963. The standard InChI is InChI=1S/C16H16ClNO2S/c1-20-15-5-3-2-4-12(15)10-18-16(19)11-21-14-8-6-13(17)7-9-14/h2-9H,10-11H2,1H3,(H,18,19). The van der Waals surface area contributed by atoms with Gasteiger partial charge in [0, 0.05) is 22.0 Å². The summed E-state index contributed by atoms with van der Waals surface area (Å²) in [7, 11) is 1.62. The highest BCUT2D eigenvalue weighted by atomic mass is 35.5. The molecule has 0 aromatic heterocycles. The molecule has 2 aromatic carbocycles. The zero-order valence-corrected chi connectivity index (χ0v) is 13.2. The Bertz CT molecular complexity index is 601. The topological polar surface area (TPSA) is 38.3 Å². The first-order valence-electron chi connectivity index (χ1n) is 6.46. The van der Waals surface area contributed by atoms with Crippen molar-refractivity contribution in [2.75, 3.05) is 12.9 Å². The van der Waals surface area contributed by atoms with Gasteiger partial charge >= 0.3 is 0 Å². The van der Waals surface area contributed by atoms with Gasteiger partial charge in [-0.25, -0.2) is 0 Å². The normalized spacial score (nSPS) is 10.2. The number of para-hydroxylation sites is 1. The minimum Gasteiger partial charge on any atom is -0.496 e. The fourth-order valence-electron chi connectivity index (χ4n) is 1.77. The number of ether oxygens (including phenoxy) is 1. The molecule has 0 heterocycles. The van der Waals surface area contributed by atoms with Crippen molar-refractivity contribution in [2.24, 2.45) is 0 Å². The zero-order chi connectivity index (χ0) is 15.1. The third kappa shape index (κ3) is 4.99. The third-order valence-electron chi connectivity index (χ3n) is 2.85. The Morgan fingerprint density at radius 3 is 2.62 bits per heavy atom. The summed E-state index contributed by atoms with van der Waals surface area (Å²) >= 11 is 7.30. The number of rotatable bonds is 6. The van der Waals surface area contributed by atoms with Gasteiger partial charge in [-0.2, -0.15) is 0 Å². The molecule has 0 unspecified atom stereocenters. The molecular formula is C16H16ClNO2S. The van der Waals surface area contributed by atoms with Crippen molar-refractivity contribution < 1.29 is 9.53 Å². The highest BCUT2D eigenvalue weighted by Crippen LogP contribution is 2.20. The quantitative estimate of drug-likeness (QED) is 0.823. The van der Waals surface area contributed by atoms with Crippen LogP contribution < -0.4 is 10.1 Å². The molecule has 0 aliphatic heterocycles. The molecule has 3 nitrogen and oxygen atoms in total. The molecule has 0 aliphatic rings. The average Bonchev–Trinajstić information content (AvgIpc) is 2.52. The van der Waals surface area contributed by atoms with Crippen LogP contribution in [0.1, 0.15) is 5.56 Å². The van der Waals surface area contributed by atoms with Crippen LogP contribution in [-0.2, 0) is 11.3 Å². The van der Waals surface area contributed by atoms with Crippen LogP contribution in [0.4, 0.5) is 0 Å². The van der Waals surface area contributed by atoms with E-state index >= 15 is 0 Å². The summed E-state index contributed by atoms with van der Waals surface area (Å²) < 4.78 is 5.25. The highest BCUT2D eigenvalue weighted by molar-refractivity contribution is 8.00. The van der Waals surface area contributed by atoms with E-state index in [1.165, 1.54) is 11.8 Å². The maximum atomic E-state index is 11.9. The van der Waals surface area contributed by atoms with E-state index < -0.39 is 0 Å². The van der Waals surface area contributed by atoms with Gasteiger partial charge in [-0.3, -0.25) is 4.79 Å². The number of amides is 1. The van der Waals surface area contributed by atoms with Gasteiger partial charge in [0.25, 0.3) is 0 Å². The van der Waals surface area contributed by atoms with E-state index in [9.17, 15) is 4.79 Å². The minimum atomic E-state index is -0.0131. The maximum absolute atomic E-state index is 11.9. The molecule has 0 saturated carbocycles. The van der Waals surface area contributed by atoms with Crippen molar-refractivity contribution in [3.8, 4) is 5.75 Å². The van der Waals surface area contributed by atoms with Crippen molar-refractivity contribution in [3.63, 3.8) is 0 Å². The van der Waals surface area contributed by atoms with Crippen molar-refractivity contribution >= 4 is 29.3 Å². The SMILES string of the molecule is COc1ccccc1CNC(=O)CSc1ccc(Cl)cc1. The minimum absolute atomic E-state index is 0.0131. The molecule has 2 rings (SSSR count). The van der Waals surface area contributed by atoms with Crippen molar-refractivity contribution in [3.05, 3.63) is 59.1 Å². The van der Waals surface area contributed by atoms with E-state index in [1.807, 2.05) is 48.5 Å². The smallest absolute Gasteiger partial charge is 0.230 e. The molecule has 5 heteroatoms. The lowest BCUT2D eigenvalue weighted by Gasteiger charge is -2.09. The Hall–Kier alpha value is -1.65. The Morgan fingerprint density at radius 2 is 1.90 bits per heavy atom. The lowest BCUT2D eigenvalue weighted by atomic mass is 10.2. The van der Waals surface area contributed by atoms with Gasteiger partial charge in [-0.15, -0.1) is 11.8 Å². The lowest BCUT2D eigenvalue weighted by Crippen LogP contribution is -2.24. The molecule has 21 heavy (non-hydrogen) atoms.